The van der Waals surface area contributed by atoms with Crippen molar-refractivity contribution in [1.29, 1.82) is 0 Å². The molecule has 3 rings (SSSR count). The number of anilines is 3. The van der Waals surface area contributed by atoms with Crippen molar-refractivity contribution in [2.75, 3.05) is 34.3 Å². The quantitative estimate of drug-likeness (QED) is 0.860. The van der Waals surface area contributed by atoms with Crippen LogP contribution in [0.25, 0.3) is 0 Å². The smallest absolute Gasteiger partial charge is 0.255 e. The first-order chi connectivity index (χ1) is 11.9. The van der Waals surface area contributed by atoms with Gasteiger partial charge in [0.05, 0.1) is 11.9 Å². The van der Waals surface area contributed by atoms with E-state index in [4.69, 9.17) is 0 Å². The van der Waals surface area contributed by atoms with Gasteiger partial charge in [0, 0.05) is 30.0 Å². The van der Waals surface area contributed by atoms with E-state index in [1.165, 1.54) is 12.8 Å². The third-order valence-electron chi connectivity index (χ3n) is 4.02. The zero-order valence-electron chi connectivity index (χ0n) is 14.0. The molecule has 6 nitrogen and oxygen atoms in total. The second-order valence-corrected chi connectivity index (χ2v) is 7.90. The first-order valence-corrected chi connectivity index (χ1v) is 10.0. The lowest BCUT2D eigenvalue weighted by atomic mass is 10.1. The molecule has 1 saturated heterocycles. The fourth-order valence-electron chi connectivity index (χ4n) is 2.88. The predicted molar refractivity (Wildman–Crippen MR) is 101 cm³/mol. The maximum absolute atomic E-state index is 12.4. The molecule has 0 radical (unpaired) electrons. The Labute approximate surface area is 147 Å². The van der Waals surface area contributed by atoms with E-state index in [1.807, 2.05) is 24.3 Å². The van der Waals surface area contributed by atoms with Crippen LogP contribution in [-0.4, -0.2) is 33.7 Å². The van der Waals surface area contributed by atoms with Gasteiger partial charge >= 0.3 is 0 Å². The van der Waals surface area contributed by atoms with Crippen molar-refractivity contribution in [3.8, 4) is 0 Å². The number of hydrogen-bond donors (Lipinski definition) is 2. The maximum atomic E-state index is 12.4. The van der Waals surface area contributed by atoms with Crippen LogP contribution < -0.4 is 14.9 Å². The number of sulfonamides is 1. The molecule has 0 saturated carbocycles. The summed E-state index contributed by atoms with van der Waals surface area (Å²) in [6, 6.07) is 14.1. The topological polar surface area (TPSA) is 78.5 Å². The summed E-state index contributed by atoms with van der Waals surface area (Å²) < 4.78 is 25.0. The van der Waals surface area contributed by atoms with Crippen LogP contribution in [0.5, 0.6) is 0 Å². The summed E-state index contributed by atoms with van der Waals surface area (Å²) in [7, 11) is -3.35. The molecule has 2 aromatic carbocycles. The lowest BCUT2D eigenvalue weighted by Crippen LogP contribution is -2.18. The van der Waals surface area contributed by atoms with Crippen molar-refractivity contribution in [3.05, 3.63) is 54.1 Å². The van der Waals surface area contributed by atoms with Crippen molar-refractivity contribution in [2.45, 2.75) is 12.8 Å². The van der Waals surface area contributed by atoms with Crippen molar-refractivity contribution in [1.82, 2.24) is 0 Å². The number of nitrogens with one attached hydrogen (secondary N) is 2. The van der Waals surface area contributed by atoms with Crippen molar-refractivity contribution in [2.24, 2.45) is 0 Å². The van der Waals surface area contributed by atoms with E-state index in [-0.39, 0.29) is 5.91 Å². The summed E-state index contributed by atoms with van der Waals surface area (Å²) in [6.45, 7) is 2.12. The molecule has 0 spiro atoms. The zero-order chi connectivity index (χ0) is 17.9. The Morgan fingerprint density at radius 1 is 1.00 bits per heavy atom. The van der Waals surface area contributed by atoms with E-state index in [0.717, 1.165) is 25.0 Å². The van der Waals surface area contributed by atoms with E-state index < -0.39 is 10.0 Å². The fourth-order valence-corrected chi connectivity index (χ4v) is 3.43. The van der Waals surface area contributed by atoms with Gasteiger partial charge in [0.25, 0.3) is 5.91 Å². The lowest BCUT2D eigenvalue weighted by Gasteiger charge is -2.17. The van der Waals surface area contributed by atoms with Crippen LogP contribution in [-0.2, 0) is 10.0 Å². The molecule has 1 heterocycles. The fraction of sp³-hybridized carbons (Fsp3) is 0.278. The van der Waals surface area contributed by atoms with Crippen LogP contribution in [0.3, 0.4) is 0 Å². The largest absolute Gasteiger partial charge is 0.372 e. The molecule has 1 fully saturated rings. The molecule has 2 N–H and O–H groups in total. The highest BCUT2D eigenvalue weighted by atomic mass is 32.2. The molecule has 25 heavy (non-hydrogen) atoms. The third kappa shape index (κ3) is 4.73. The number of carbonyl (C=O) groups excluding carboxylic acids is 1. The Balaban J connectivity index is 1.68. The third-order valence-corrected chi connectivity index (χ3v) is 4.63. The Morgan fingerprint density at radius 2 is 1.64 bits per heavy atom. The van der Waals surface area contributed by atoms with Crippen LogP contribution in [0.2, 0.25) is 0 Å². The summed E-state index contributed by atoms with van der Waals surface area (Å²) in [5.74, 6) is -0.232. The van der Waals surface area contributed by atoms with Gasteiger partial charge in [0.2, 0.25) is 10.0 Å². The van der Waals surface area contributed by atoms with Gasteiger partial charge in [-0.15, -0.1) is 0 Å². The Kier molecular flexibility index (Phi) is 4.94. The number of hydrogen-bond acceptors (Lipinski definition) is 4. The van der Waals surface area contributed by atoms with Crippen LogP contribution >= 0.6 is 0 Å². The lowest BCUT2D eigenvalue weighted by molar-refractivity contribution is 0.102. The molecular weight excluding hydrogens is 338 g/mol. The van der Waals surface area contributed by atoms with E-state index in [1.54, 1.807) is 24.3 Å². The zero-order valence-corrected chi connectivity index (χ0v) is 14.8. The number of carbonyl (C=O) groups is 1. The van der Waals surface area contributed by atoms with E-state index >= 15 is 0 Å². The SMILES string of the molecule is CS(=O)(=O)Nc1cccc(NC(=O)c2ccc(N3CCCC3)cc2)c1. The molecule has 0 unspecified atom stereocenters. The van der Waals surface area contributed by atoms with Gasteiger partial charge in [0.1, 0.15) is 0 Å². The summed E-state index contributed by atoms with van der Waals surface area (Å²) >= 11 is 0. The molecule has 0 aromatic heterocycles. The molecule has 1 aliphatic rings. The van der Waals surface area contributed by atoms with Crippen LogP contribution in [0.1, 0.15) is 23.2 Å². The summed E-state index contributed by atoms with van der Waals surface area (Å²) in [6.07, 6.45) is 3.50. The van der Waals surface area contributed by atoms with E-state index in [0.29, 0.717) is 16.9 Å². The molecule has 1 aliphatic heterocycles. The molecular formula is C18H21N3O3S. The highest BCUT2D eigenvalue weighted by molar-refractivity contribution is 7.92. The van der Waals surface area contributed by atoms with Crippen molar-refractivity contribution >= 4 is 33.0 Å². The van der Waals surface area contributed by atoms with E-state index in [2.05, 4.69) is 14.9 Å². The molecule has 0 atom stereocenters. The molecule has 0 aliphatic carbocycles. The van der Waals surface area contributed by atoms with Crippen LogP contribution in [0.15, 0.2) is 48.5 Å². The van der Waals surface area contributed by atoms with Gasteiger partial charge in [-0.25, -0.2) is 8.42 Å². The average Bonchev–Trinajstić information content (AvgIpc) is 3.08. The first-order valence-electron chi connectivity index (χ1n) is 8.15. The summed E-state index contributed by atoms with van der Waals surface area (Å²) in [5.41, 5.74) is 2.63. The Hall–Kier alpha value is -2.54. The first kappa shape index (κ1) is 17.3. The van der Waals surface area contributed by atoms with Crippen molar-refractivity contribution < 1.29 is 13.2 Å². The molecule has 0 bridgehead atoms. The second-order valence-electron chi connectivity index (χ2n) is 6.15. The number of rotatable bonds is 5. The Morgan fingerprint density at radius 3 is 2.28 bits per heavy atom. The highest BCUT2D eigenvalue weighted by Crippen LogP contribution is 2.21. The number of amides is 1. The minimum atomic E-state index is -3.35. The predicted octanol–water partition coefficient (Wildman–Crippen LogP) is 2.91. The summed E-state index contributed by atoms with van der Waals surface area (Å²) in [5, 5.41) is 2.79. The summed E-state index contributed by atoms with van der Waals surface area (Å²) in [4.78, 5) is 14.7. The van der Waals surface area contributed by atoms with Gasteiger partial charge in [-0.1, -0.05) is 6.07 Å². The average molecular weight is 359 g/mol. The molecule has 132 valence electrons. The molecule has 1 amide bonds. The van der Waals surface area contributed by atoms with Crippen LogP contribution in [0.4, 0.5) is 17.1 Å². The Bertz CT molecular complexity index is 857. The molecule has 2 aromatic rings. The minimum Gasteiger partial charge on any atom is -0.372 e. The number of nitrogens with zero attached hydrogens (tertiary/aromatic N) is 1. The van der Waals surface area contributed by atoms with Gasteiger partial charge in [0.15, 0.2) is 0 Å². The van der Waals surface area contributed by atoms with Gasteiger partial charge < -0.3 is 10.2 Å². The van der Waals surface area contributed by atoms with Gasteiger partial charge in [-0.2, -0.15) is 0 Å². The normalized spacial score (nSPS) is 14.4. The maximum Gasteiger partial charge on any atom is 0.255 e. The van der Waals surface area contributed by atoms with Gasteiger partial charge in [-0.05, 0) is 55.3 Å². The monoisotopic (exact) mass is 359 g/mol. The highest BCUT2D eigenvalue weighted by Gasteiger charge is 2.13. The van der Waals surface area contributed by atoms with E-state index in [9.17, 15) is 13.2 Å². The van der Waals surface area contributed by atoms with Crippen LogP contribution in [0, 0.1) is 0 Å². The standard InChI is InChI=1S/C18H21N3O3S/c1-25(23,24)20-16-6-4-5-15(13-16)19-18(22)14-7-9-17(10-8-14)21-11-2-3-12-21/h4-10,13,20H,2-3,11-12H2,1H3,(H,19,22). The molecule has 7 heteroatoms. The van der Waals surface area contributed by atoms with Gasteiger partial charge in [-0.3, -0.25) is 9.52 Å². The second kappa shape index (κ2) is 7.14. The minimum absolute atomic E-state index is 0.232. The van der Waals surface area contributed by atoms with Crippen molar-refractivity contribution in [3.63, 3.8) is 0 Å². The number of benzene rings is 2.